The standard InChI is InChI=1S/C16H18N2O/c1-11-4-5-12(2)15(10-11)16(19)18(3)14-8-6-13(17)7-9-14/h4-10H,17H2,1-3H3. The predicted octanol–water partition coefficient (Wildman–Crippen LogP) is 3.16. The van der Waals surface area contributed by atoms with Crippen molar-refractivity contribution in [3.05, 3.63) is 59.2 Å². The number of amides is 1. The van der Waals surface area contributed by atoms with Gasteiger partial charge in [-0.25, -0.2) is 0 Å². The Hall–Kier alpha value is -2.29. The summed E-state index contributed by atoms with van der Waals surface area (Å²) in [6, 6.07) is 13.2. The summed E-state index contributed by atoms with van der Waals surface area (Å²) in [6.45, 7) is 3.93. The number of rotatable bonds is 2. The second-order valence-electron chi connectivity index (χ2n) is 4.77. The van der Waals surface area contributed by atoms with Crippen molar-refractivity contribution in [1.29, 1.82) is 0 Å². The molecule has 0 aliphatic carbocycles. The molecule has 1 amide bonds. The number of benzene rings is 2. The molecular weight excluding hydrogens is 236 g/mol. The van der Waals surface area contributed by atoms with Gasteiger partial charge in [-0.1, -0.05) is 17.7 Å². The molecule has 0 saturated carbocycles. The molecule has 2 N–H and O–H groups in total. The summed E-state index contributed by atoms with van der Waals surface area (Å²) < 4.78 is 0. The SMILES string of the molecule is Cc1ccc(C)c(C(=O)N(C)c2ccc(N)cc2)c1. The molecule has 0 aromatic heterocycles. The molecule has 0 aliphatic heterocycles. The summed E-state index contributed by atoms with van der Waals surface area (Å²) in [5, 5.41) is 0. The van der Waals surface area contributed by atoms with E-state index in [0.29, 0.717) is 5.69 Å². The first-order chi connectivity index (χ1) is 8.99. The molecule has 2 aromatic carbocycles. The Kier molecular flexibility index (Phi) is 3.56. The highest BCUT2D eigenvalue weighted by Crippen LogP contribution is 2.19. The molecule has 0 bridgehead atoms. The molecule has 98 valence electrons. The minimum absolute atomic E-state index is 0.00836. The van der Waals surface area contributed by atoms with E-state index in [2.05, 4.69) is 0 Å². The maximum atomic E-state index is 12.5. The fourth-order valence-corrected chi connectivity index (χ4v) is 1.96. The molecular formula is C16H18N2O. The van der Waals surface area contributed by atoms with Gasteiger partial charge in [0.15, 0.2) is 0 Å². The van der Waals surface area contributed by atoms with Crippen LogP contribution >= 0.6 is 0 Å². The van der Waals surface area contributed by atoms with Crippen molar-refractivity contribution in [3.8, 4) is 0 Å². The molecule has 2 aromatic rings. The topological polar surface area (TPSA) is 46.3 Å². The summed E-state index contributed by atoms with van der Waals surface area (Å²) in [5.41, 5.74) is 9.98. The van der Waals surface area contributed by atoms with E-state index in [1.165, 1.54) is 0 Å². The number of carbonyl (C=O) groups excluding carboxylic acids is 1. The van der Waals surface area contributed by atoms with Gasteiger partial charge < -0.3 is 10.6 Å². The van der Waals surface area contributed by atoms with Crippen molar-refractivity contribution in [2.75, 3.05) is 17.7 Å². The molecule has 0 radical (unpaired) electrons. The smallest absolute Gasteiger partial charge is 0.258 e. The van der Waals surface area contributed by atoms with Gasteiger partial charge in [-0.15, -0.1) is 0 Å². The van der Waals surface area contributed by atoms with Crippen LogP contribution in [0.1, 0.15) is 21.5 Å². The van der Waals surface area contributed by atoms with E-state index < -0.39 is 0 Å². The highest BCUT2D eigenvalue weighted by atomic mass is 16.2. The number of hydrogen-bond donors (Lipinski definition) is 1. The zero-order valence-corrected chi connectivity index (χ0v) is 11.5. The number of aryl methyl sites for hydroxylation is 2. The van der Waals surface area contributed by atoms with Crippen LogP contribution in [0, 0.1) is 13.8 Å². The van der Waals surface area contributed by atoms with E-state index in [0.717, 1.165) is 22.4 Å². The molecule has 0 heterocycles. The van der Waals surface area contributed by atoms with E-state index in [4.69, 9.17) is 5.73 Å². The Morgan fingerprint density at radius 2 is 1.68 bits per heavy atom. The fourth-order valence-electron chi connectivity index (χ4n) is 1.96. The molecule has 0 fully saturated rings. The van der Waals surface area contributed by atoms with Gasteiger partial charge in [0.1, 0.15) is 0 Å². The Bertz CT molecular complexity index is 603. The first-order valence-corrected chi connectivity index (χ1v) is 6.20. The first kappa shape index (κ1) is 13.1. The van der Waals surface area contributed by atoms with Crippen LogP contribution in [0.5, 0.6) is 0 Å². The van der Waals surface area contributed by atoms with Gasteiger partial charge in [0.2, 0.25) is 0 Å². The predicted molar refractivity (Wildman–Crippen MR) is 79.5 cm³/mol. The van der Waals surface area contributed by atoms with Crippen molar-refractivity contribution in [3.63, 3.8) is 0 Å². The van der Waals surface area contributed by atoms with Crippen LogP contribution in [0.3, 0.4) is 0 Å². The second kappa shape index (κ2) is 5.14. The van der Waals surface area contributed by atoms with E-state index >= 15 is 0 Å². The van der Waals surface area contributed by atoms with E-state index in [-0.39, 0.29) is 5.91 Å². The summed E-state index contributed by atoms with van der Waals surface area (Å²) in [7, 11) is 1.77. The van der Waals surface area contributed by atoms with Crippen molar-refractivity contribution in [2.45, 2.75) is 13.8 Å². The second-order valence-corrected chi connectivity index (χ2v) is 4.77. The molecule has 0 spiro atoms. The van der Waals surface area contributed by atoms with Gasteiger partial charge in [-0.05, 0) is 49.7 Å². The third-order valence-electron chi connectivity index (χ3n) is 3.21. The number of nitrogens with zero attached hydrogens (tertiary/aromatic N) is 1. The Balaban J connectivity index is 2.33. The Morgan fingerprint density at radius 1 is 1.05 bits per heavy atom. The third-order valence-corrected chi connectivity index (χ3v) is 3.21. The highest BCUT2D eigenvalue weighted by Gasteiger charge is 2.15. The Labute approximate surface area is 113 Å². The minimum atomic E-state index is -0.00836. The third kappa shape index (κ3) is 2.76. The van der Waals surface area contributed by atoms with Crippen molar-refractivity contribution in [2.24, 2.45) is 0 Å². The van der Waals surface area contributed by atoms with Crippen LogP contribution in [0.15, 0.2) is 42.5 Å². The zero-order valence-electron chi connectivity index (χ0n) is 11.5. The average molecular weight is 254 g/mol. The molecule has 0 saturated heterocycles. The molecule has 19 heavy (non-hydrogen) atoms. The summed E-state index contributed by atoms with van der Waals surface area (Å²) >= 11 is 0. The lowest BCUT2D eigenvalue weighted by Gasteiger charge is -2.19. The fraction of sp³-hybridized carbons (Fsp3) is 0.188. The quantitative estimate of drug-likeness (QED) is 0.837. The average Bonchev–Trinajstić information content (AvgIpc) is 2.41. The van der Waals surface area contributed by atoms with Crippen molar-refractivity contribution >= 4 is 17.3 Å². The van der Waals surface area contributed by atoms with Crippen LogP contribution in [0.2, 0.25) is 0 Å². The maximum absolute atomic E-state index is 12.5. The van der Waals surface area contributed by atoms with Crippen LogP contribution in [-0.4, -0.2) is 13.0 Å². The Morgan fingerprint density at radius 3 is 2.32 bits per heavy atom. The van der Waals surface area contributed by atoms with Crippen molar-refractivity contribution in [1.82, 2.24) is 0 Å². The van der Waals surface area contributed by atoms with Gasteiger partial charge in [0.25, 0.3) is 5.91 Å². The van der Waals surface area contributed by atoms with Crippen LogP contribution < -0.4 is 10.6 Å². The van der Waals surface area contributed by atoms with Gasteiger partial charge >= 0.3 is 0 Å². The van der Waals surface area contributed by atoms with Crippen LogP contribution in [-0.2, 0) is 0 Å². The lowest BCUT2D eigenvalue weighted by atomic mass is 10.0. The maximum Gasteiger partial charge on any atom is 0.258 e. The minimum Gasteiger partial charge on any atom is -0.399 e. The zero-order chi connectivity index (χ0) is 14.0. The normalized spacial score (nSPS) is 10.3. The number of carbonyl (C=O) groups is 1. The van der Waals surface area contributed by atoms with Gasteiger partial charge in [-0.3, -0.25) is 4.79 Å². The number of anilines is 2. The molecule has 0 unspecified atom stereocenters. The van der Waals surface area contributed by atoms with Crippen molar-refractivity contribution < 1.29 is 4.79 Å². The van der Waals surface area contributed by atoms with E-state index in [1.807, 2.05) is 44.2 Å². The number of hydrogen-bond acceptors (Lipinski definition) is 2. The molecule has 0 atom stereocenters. The number of nitrogens with two attached hydrogens (primary N) is 1. The molecule has 3 heteroatoms. The largest absolute Gasteiger partial charge is 0.399 e. The van der Waals surface area contributed by atoms with Gasteiger partial charge in [-0.2, -0.15) is 0 Å². The molecule has 2 rings (SSSR count). The number of nitrogen functional groups attached to an aromatic ring is 1. The van der Waals surface area contributed by atoms with Crippen LogP contribution in [0.4, 0.5) is 11.4 Å². The summed E-state index contributed by atoms with van der Waals surface area (Å²) in [5.74, 6) is -0.00836. The summed E-state index contributed by atoms with van der Waals surface area (Å²) in [6.07, 6.45) is 0. The van der Waals surface area contributed by atoms with E-state index in [9.17, 15) is 4.79 Å². The first-order valence-electron chi connectivity index (χ1n) is 6.20. The molecule has 3 nitrogen and oxygen atoms in total. The molecule has 0 aliphatic rings. The summed E-state index contributed by atoms with van der Waals surface area (Å²) in [4.78, 5) is 14.1. The van der Waals surface area contributed by atoms with E-state index in [1.54, 1.807) is 24.1 Å². The highest BCUT2D eigenvalue weighted by molar-refractivity contribution is 6.06. The van der Waals surface area contributed by atoms with Gasteiger partial charge in [0, 0.05) is 24.0 Å². The van der Waals surface area contributed by atoms with Gasteiger partial charge in [0.05, 0.1) is 0 Å². The lowest BCUT2D eigenvalue weighted by Crippen LogP contribution is -2.26. The van der Waals surface area contributed by atoms with Crippen LogP contribution in [0.25, 0.3) is 0 Å². The lowest BCUT2D eigenvalue weighted by molar-refractivity contribution is 0.0992. The monoisotopic (exact) mass is 254 g/mol.